The Hall–Kier alpha value is -2.81. The Bertz CT molecular complexity index is 566. The summed E-state index contributed by atoms with van der Waals surface area (Å²) in [5, 5.41) is 11.6. The Labute approximate surface area is 136 Å². The molecule has 0 aliphatic rings. The minimum atomic E-state index is -0.853. The minimum absolute atomic E-state index is 0.192. The van der Waals surface area contributed by atoms with Gasteiger partial charge in [-0.2, -0.15) is 5.26 Å². The van der Waals surface area contributed by atoms with E-state index in [2.05, 4.69) is 11.9 Å². The summed E-state index contributed by atoms with van der Waals surface area (Å²) < 4.78 is 4.97. The lowest BCUT2D eigenvalue weighted by Crippen LogP contribution is -2.48. The van der Waals surface area contributed by atoms with Crippen molar-refractivity contribution in [3.63, 3.8) is 0 Å². The molecule has 1 unspecified atom stereocenters. The van der Waals surface area contributed by atoms with Gasteiger partial charge in [-0.15, -0.1) is 6.58 Å². The second kappa shape index (κ2) is 10.0. The van der Waals surface area contributed by atoms with Crippen molar-refractivity contribution in [2.75, 3.05) is 13.2 Å². The molecular weight excluding hydrogens is 294 g/mol. The minimum Gasteiger partial charge on any atom is -0.449 e. The van der Waals surface area contributed by atoms with Crippen LogP contribution in [0.5, 0.6) is 0 Å². The Morgan fingerprint density at radius 3 is 2.70 bits per heavy atom. The number of nitrogens with zero attached hydrogens (tertiary/aromatic N) is 2. The van der Waals surface area contributed by atoms with Crippen LogP contribution in [0.4, 0.5) is 4.79 Å². The number of ether oxygens (including phenoxy) is 1. The maximum atomic E-state index is 12.4. The first kappa shape index (κ1) is 18.2. The van der Waals surface area contributed by atoms with Gasteiger partial charge >= 0.3 is 6.09 Å². The fourth-order valence-electron chi connectivity index (χ4n) is 1.93. The summed E-state index contributed by atoms with van der Waals surface area (Å²) in [6.07, 6.45) is 3.59. The standard InChI is InChI=1S/C17H21N3O3/c1-3-5-11-23-17(22)19-15(16(21)20(4-2)13-18)12-14-9-7-6-8-10-14/h3,6-10,15H,1,4-5,11-12H2,2H3,(H,19,22). The second-order valence-corrected chi connectivity index (χ2v) is 4.78. The maximum absolute atomic E-state index is 12.4. The summed E-state index contributed by atoms with van der Waals surface area (Å²) in [5.74, 6) is -0.459. The Morgan fingerprint density at radius 2 is 2.13 bits per heavy atom. The predicted octanol–water partition coefficient (Wildman–Crippen LogP) is 2.23. The number of hydrogen-bond donors (Lipinski definition) is 1. The van der Waals surface area contributed by atoms with Crippen molar-refractivity contribution >= 4 is 12.0 Å². The number of alkyl carbamates (subject to hydrolysis) is 1. The van der Waals surface area contributed by atoms with E-state index in [4.69, 9.17) is 10.00 Å². The Morgan fingerprint density at radius 1 is 1.43 bits per heavy atom. The molecule has 0 spiro atoms. The van der Waals surface area contributed by atoms with Gasteiger partial charge in [0.2, 0.25) is 0 Å². The number of hydrogen-bond acceptors (Lipinski definition) is 4. The molecule has 2 amide bonds. The zero-order chi connectivity index (χ0) is 17.1. The maximum Gasteiger partial charge on any atom is 0.407 e. The van der Waals surface area contributed by atoms with Gasteiger partial charge in [0.15, 0.2) is 6.19 Å². The van der Waals surface area contributed by atoms with E-state index in [1.165, 1.54) is 0 Å². The van der Waals surface area contributed by atoms with Crippen molar-refractivity contribution in [2.24, 2.45) is 0 Å². The van der Waals surface area contributed by atoms with Gasteiger partial charge in [0, 0.05) is 13.0 Å². The molecule has 0 saturated heterocycles. The van der Waals surface area contributed by atoms with E-state index < -0.39 is 18.0 Å². The van der Waals surface area contributed by atoms with Gasteiger partial charge in [0.05, 0.1) is 6.61 Å². The van der Waals surface area contributed by atoms with Gasteiger partial charge in [-0.05, 0) is 18.9 Å². The molecule has 0 heterocycles. The van der Waals surface area contributed by atoms with Gasteiger partial charge in [-0.25, -0.2) is 9.69 Å². The number of nitriles is 1. The highest BCUT2D eigenvalue weighted by Crippen LogP contribution is 2.06. The quantitative estimate of drug-likeness (QED) is 0.345. The molecule has 1 atom stereocenters. The summed E-state index contributed by atoms with van der Waals surface area (Å²) in [6, 6.07) is 8.42. The summed E-state index contributed by atoms with van der Waals surface area (Å²) in [4.78, 5) is 25.2. The van der Waals surface area contributed by atoms with Crippen LogP contribution in [0.1, 0.15) is 18.9 Å². The fourth-order valence-corrected chi connectivity index (χ4v) is 1.93. The van der Waals surface area contributed by atoms with Gasteiger partial charge in [-0.1, -0.05) is 36.4 Å². The third kappa shape index (κ3) is 6.22. The Balaban J connectivity index is 2.79. The van der Waals surface area contributed by atoms with Gasteiger partial charge < -0.3 is 10.1 Å². The molecule has 1 N–H and O–H groups in total. The molecule has 0 bridgehead atoms. The van der Waals surface area contributed by atoms with E-state index in [1.807, 2.05) is 36.5 Å². The van der Waals surface area contributed by atoms with Crippen molar-refractivity contribution in [2.45, 2.75) is 25.8 Å². The molecule has 122 valence electrons. The molecule has 0 saturated carbocycles. The number of carbonyl (C=O) groups is 2. The highest BCUT2D eigenvalue weighted by atomic mass is 16.5. The molecule has 0 aliphatic heterocycles. The SMILES string of the molecule is C=CCCOC(=O)NC(Cc1ccccc1)C(=O)N(C#N)CC. The number of rotatable bonds is 8. The number of likely N-dealkylation sites (N-methyl/N-ethyl adjacent to an activating group) is 1. The number of carbonyl (C=O) groups excluding carboxylic acids is 2. The molecule has 23 heavy (non-hydrogen) atoms. The van der Waals surface area contributed by atoms with Crippen LogP contribution in [-0.4, -0.2) is 36.1 Å². The molecule has 0 radical (unpaired) electrons. The van der Waals surface area contributed by atoms with Crippen LogP contribution in [-0.2, 0) is 16.0 Å². The smallest absolute Gasteiger partial charge is 0.407 e. The molecule has 6 heteroatoms. The fraction of sp³-hybridized carbons (Fsp3) is 0.353. The van der Waals surface area contributed by atoms with Crippen LogP contribution in [0, 0.1) is 11.5 Å². The summed E-state index contributed by atoms with van der Waals surface area (Å²) in [6.45, 7) is 5.67. The monoisotopic (exact) mass is 315 g/mol. The molecular formula is C17H21N3O3. The van der Waals surface area contributed by atoms with E-state index in [1.54, 1.807) is 13.0 Å². The van der Waals surface area contributed by atoms with Crippen LogP contribution in [0.25, 0.3) is 0 Å². The van der Waals surface area contributed by atoms with Gasteiger partial charge in [-0.3, -0.25) is 4.79 Å². The largest absolute Gasteiger partial charge is 0.449 e. The Kier molecular flexibility index (Phi) is 7.94. The normalized spacial score (nSPS) is 11.0. The second-order valence-electron chi connectivity index (χ2n) is 4.78. The van der Waals surface area contributed by atoms with Crippen molar-refractivity contribution < 1.29 is 14.3 Å². The molecule has 1 aromatic rings. The van der Waals surface area contributed by atoms with E-state index in [0.29, 0.717) is 6.42 Å². The van der Waals surface area contributed by atoms with Gasteiger partial charge in [0.1, 0.15) is 6.04 Å². The van der Waals surface area contributed by atoms with Crippen LogP contribution in [0.2, 0.25) is 0 Å². The number of benzene rings is 1. The molecule has 0 fully saturated rings. The van der Waals surface area contributed by atoms with Crippen LogP contribution < -0.4 is 5.32 Å². The lowest BCUT2D eigenvalue weighted by Gasteiger charge is -2.21. The highest BCUT2D eigenvalue weighted by molar-refractivity contribution is 5.87. The first-order valence-corrected chi connectivity index (χ1v) is 7.41. The first-order chi connectivity index (χ1) is 11.1. The third-order valence-corrected chi connectivity index (χ3v) is 3.13. The topological polar surface area (TPSA) is 82.4 Å². The first-order valence-electron chi connectivity index (χ1n) is 7.41. The lowest BCUT2D eigenvalue weighted by atomic mass is 10.1. The van der Waals surface area contributed by atoms with Crippen LogP contribution in [0.3, 0.4) is 0 Å². The van der Waals surface area contributed by atoms with Crippen molar-refractivity contribution in [1.82, 2.24) is 10.2 Å². The van der Waals surface area contributed by atoms with E-state index in [9.17, 15) is 9.59 Å². The van der Waals surface area contributed by atoms with Crippen LogP contribution in [0.15, 0.2) is 43.0 Å². The molecule has 1 aromatic carbocycles. The molecule has 0 aromatic heterocycles. The number of amides is 2. The molecule has 1 rings (SSSR count). The van der Waals surface area contributed by atoms with Crippen molar-refractivity contribution in [3.8, 4) is 6.19 Å². The lowest BCUT2D eigenvalue weighted by molar-refractivity contribution is -0.130. The highest BCUT2D eigenvalue weighted by Gasteiger charge is 2.26. The summed E-state index contributed by atoms with van der Waals surface area (Å²) in [5.41, 5.74) is 0.881. The summed E-state index contributed by atoms with van der Waals surface area (Å²) >= 11 is 0. The number of nitrogens with one attached hydrogen (secondary N) is 1. The zero-order valence-corrected chi connectivity index (χ0v) is 13.2. The van der Waals surface area contributed by atoms with Gasteiger partial charge in [0.25, 0.3) is 5.91 Å². The van der Waals surface area contributed by atoms with E-state index in [-0.39, 0.29) is 19.6 Å². The van der Waals surface area contributed by atoms with E-state index in [0.717, 1.165) is 10.5 Å². The molecule has 6 nitrogen and oxygen atoms in total. The van der Waals surface area contributed by atoms with Crippen LogP contribution >= 0.6 is 0 Å². The van der Waals surface area contributed by atoms with Crippen molar-refractivity contribution in [3.05, 3.63) is 48.6 Å². The summed E-state index contributed by atoms with van der Waals surface area (Å²) in [7, 11) is 0. The van der Waals surface area contributed by atoms with Crippen molar-refractivity contribution in [1.29, 1.82) is 5.26 Å². The average molecular weight is 315 g/mol. The molecule has 0 aliphatic carbocycles. The zero-order valence-electron chi connectivity index (χ0n) is 13.2. The van der Waals surface area contributed by atoms with E-state index >= 15 is 0 Å². The average Bonchev–Trinajstić information content (AvgIpc) is 2.56. The third-order valence-electron chi connectivity index (χ3n) is 3.13. The predicted molar refractivity (Wildman–Crippen MR) is 86.2 cm³/mol.